The van der Waals surface area contributed by atoms with Crippen LogP contribution >= 0.6 is 11.8 Å². The summed E-state index contributed by atoms with van der Waals surface area (Å²) in [5.74, 6) is 1.67. The standard InChI is InChI=1S/C25H27N5O2S/c1-17-8-7-9-18(2)23(17)32-14-21-28-29-24(30(21)20-10-5-4-6-11-20)33-15-22(31)27-25(3,16-26)19-12-13-19/h4-11,19H,12-15H2,1-3H3,(H,27,31). The Morgan fingerprint density at radius 1 is 1.18 bits per heavy atom. The minimum Gasteiger partial charge on any atom is -0.485 e. The predicted molar refractivity (Wildman–Crippen MR) is 127 cm³/mol. The monoisotopic (exact) mass is 461 g/mol. The van der Waals surface area contributed by atoms with E-state index in [1.807, 2.05) is 66.9 Å². The van der Waals surface area contributed by atoms with Gasteiger partial charge in [0.25, 0.3) is 0 Å². The van der Waals surface area contributed by atoms with Gasteiger partial charge in [0.15, 0.2) is 11.0 Å². The van der Waals surface area contributed by atoms with Gasteiger partial charge >= 0.3 is 0 Å². The number of nitriles is 1. The highest BCUT2D eigenvalue weighted by molar-refractivity contribution is 7.99. The van der Waals surface area contributed by atoms with Crippen LogP contribution in [-0.4, -0.2) is 32.0 Å². The number of benzene rings is 2. The van der Waals surface area contributed by atoms with Crippen molar-refractivity contribution in [1.82, 2.24) is 20.1 Å². The summed E-state index contributed by atoms with van der Waals surface area (Å²) >= 11 is 1.29. The topological polar surface area (TPSA) is 92.8 Å². The van der Waals surface area contributed by atoms with E-state index < -0.39 is 5.54 Å². The normalized spacial score (nSPS) is 14.8. The van der Waals surface area contributed by atoms with Crippen molar-refractivity contribution < 1.29 is 9.53 Å². The van der Waals surface area contributed by atoms with Gasteiger partial charge in [-0.1, -0.05) is 48.2 Å². The average Bonchev–Trinajstić information content (AvgIpc) is 3.60. The third-order valence-electron chi connectivity index (χ3n) is 5.83. The minimum atomic E-state index is -0.810. The molecule has 4 rings (SSSR count). The van der Waals surface area contributed by atoms with Gasteiger partial charge in [-0.3, -0.25) is 9.36 Å². The van der Waals surface area contributed by atoms with Crippen LogP contribution in [0.2, 0.25) is 0 Å². The summed E-state index contributed by atoms with van der Waals surface area (Å²) in [6.07, 6.45) is 1.95. The number of aryl methyl sites for hydroxylation is 2. The van der Waals surface area contributed by atoms with E-state index in [-0.39, 0.29) is 24.2 Å². The van der Waals surface area contributed by atoms with Gasteiger partial charge in [0.1, 0.15) is 17.9 Å². The molecule has 0 aliphatic heterocycles. The smallest absolute Gasteiger partial charge is 0.231 e. The highest BCUT2D eigenvalue weighted by atomic mass is 32.2. The Hall–Kier alpha value is -3.31. The molecule has 0 radical (unpaired) electrons. The summed E-state index contributed by atoms with van der Waals surface area (Å²) < 4.78 is 8.03. The third kappa shape index (κ3) is 5.20. The molecule has 1 aliphatic carbocycles. The first kappa shape index (κ1) is 22.9. The number of carbonyl (C=O) groups is 1. The first-order valence-electron chi connectivity index (χ1n) is 10.9. The van der Waals surface area contributed by atoms with Gasteiger partial charge in [-0.2, -0.15) is 5.26 Å². The summed E-state index contributed by atoms with van der Waals surface area (Å²) in [6.45, 7) is 6.07. The number of nitrogens with one attached hydrogen (secondary N) is 1. The van der Waals surface area contributed by atoms with Crippen molar-refractivity contribution >= 4 is 17.7 Å². The van der Waals surface area contributed by atoms with Crippen LogP contribution in [0.1, 0.15) is 36.7 Å². The van der Waals surface area contributed by atoms with Crippen LogP contribution in [0.5, 0.6) is 5.75 Å². The van der Waals surface area contributed by atoms with Crippen LogP contribution in [-0.2, 0) is 11.4 Å². The van der Waals surface area contributed by atoms with Crippen molar-refractivity contribution in [2.24, 2.45) is 5.92 Å². The van der Waals surface area contributed by atoms with Crippen LogP contribution in [0.3, 0.4) is 0 Å². The molecule has 2 aromatic carbocycles. The third-order valence-corrected chi connectivity index (χ3v) is 6.76. The van der Waals surface area contributed by atoms with E-state index in [4.69, 9.17) is 4.74 Å². The number of nitrogens with zero attached hydrogens (tertiary/aromatic N) is 4. The lowest BCUT2D eigenvalue weighted by molar-refractivity contribution is -0.119. The maximum Gasteiger partial charge on any atom is 0.231 e. The van der Waals surface area contributed by atoms with E-state index >= 15 is 0 Å². The highest BCUT2D eigenvalue weighted by Gasteiger charge is 2.43. The second kappa shape index (κ2) is 9.67. The molecule has 0 spiro atoms. The lowest BCUT2D eigenvalue weighted by Gasteiger charge is -2.22. The SMILES string of the molecule is Cc1cccc(C)c1OCc1nnc(SCC(=O)NC(C)(C#N)C2CC2)n1-c1ccccc1. The average molecular weight is 462 g/mol. The van der Waals surface area contributed by atoms with E-state index in [0.29, 0.717) is 11.0 Å². The molecule has 1 fully saturated rings. The van der Waals surface area contributed by atoms with Gasteiger partial charge in [-0.05, 0) is 62.8 Å². The first-order valence-corrected chi connectivity index (χ1v) is 11.9. The molecule has 1 aromatic heterocycles. The Balaban J connectivity index is 1.52. The second-order valence-corrected chi connectivity index (χ2v) is 9.45. The lowest BCUT2D eigenvalue weighted by Crippen LogP contribution is -2.47. The molecule has 1 N–H and O–H groups in total. The molecule has 7 nitrogen and oxygen atoms in total. The van der Waals surface area contributed by atoms with Crippen LogP contribution in [0.4, 0.5) is 0 Å². The number of aromatic nitrogens is 3. The number of ether oxygens (including phenoxy) is 1. The molecule has 1 amide bonds. The van der Waals surface area contributed by atoms with Gasteiger partial charge in [0.2, 0.25) is 5.91 Å². The van der Waals surface area contributed by atoms with E-state index in [0.717, 1.165) is 35.4 Å². The second-order valence-electron chi connectivity index (χ2n) is 8.50. The summed E-state index contributed by atoms with van der Waals surface area (Å²) in [5.41, 5.74) is 2.20. The Bertz CT molecular complexity index is 1160. The molecular weight excluding hydrogens is 434 g/mol. The molecule has 0 bridgehead atoms. The molecule has 1 saturated carbocycles. The molecule has 1 unspecified atom stereocenters. The van der Waals surface area contributed by atoms with Gasteiger partial charge < -0.3 is 10.1 Å². The van der Waals surface area contributed by atoms with E-state index in [1.165, 1.54) is 11.8 Å². The number of para-hydroxylation sites is 2. The van der Waals surface area contributed by atoms with E-state index in [9.17, 15) is 10.1 Å². The van der Waals surface area contributed by atoms with Crippen molar-refractivity contribution in [3.8, 4) is 17.5 Å². The molecular formula is C25H27N5O2S. The van der Waals surface area contributed by atoms with Crippen molar-refractivity contribution in [2.75, 3.05) is 5.75 Å². The largest absolute Gasteiger partial charge is 0.485 e. The molecule has 8 heteroatoms. The van der Waals surface area contributed by atoms with Crippen LogP contribution in [0, 0.1) is 31.1 Å². The fourth-order valence-electron chi connectivity index (χ4n) is 3.83. The zero-order chi connectivity index (χ0) is 23.4. The summed E-state index contributed by atoms with van der Waals surface area (Å²) in [6, 6.07) is 18.1. The lowest BCUT2D eigenvalue weighted by atomic mass is 9.98. The Morgan fingerprint density at radius 3 is 2.52 bits per heavy atom. The Labute approximate surface area is 198 Å². The first-order chi connectivity index (χ1) is 15.9. The quantitative estimate of drug-likeness (QED) is 0.476. The van der Waals surface area contributed by atoms with Crippen molar-refractivity contribution in [3.63, 3.8) is 0 Å². The zero-order valence-electron chi connectivity index (χ0n) is 19.0. The fourth-order valence-corrected chi connectivity index (χ4v) is 4.60. The molecule has 1 atom stereocenters. The predicted octanol–water partition coefficient (Wildman–Crippen LogP) is 4.36. The van der Waals surface area contributed by atoms with Gasteiger partial charge in [-0.25, -0.2) is 0 Å². The van der Waals surface area contributed by atoms with Gasteiger partial charge in [0.05, 0.1) is 11.8 Å². The summed E-state index contributed by atoms with van der Waals surface area (Å²) in [4.78, 5) is 12.6. The number of hydrogen-bond acceptors (Lipinski definition) is 6. The molecule has 0 saturated heterocycles. The van der Waals surface area contributed by atoms with E-state index in [2.05, 4.69) is 21.6 Å². The molecule has 1 heterocycles. The van der Waals surface area contributed by atoms with Gasteiger partial charge in [0, 0.05) is 5.69 Å². The number of thioether (sulfide) groups is 1. The number of amides is 1. The summed E-state index contributed by atoms with van der Waals surface area (Å²) in [5, 5.41) is 21.7. The van der Waals surface area contributed by atoms with Crippen molar-refractivity contribution in [2.45, 2.75) is 50.9 Å². The Morgan fingerprint density at radius 2 is 1.88 bits per heavy atom. The summed E-state index contributed by atoms with van der Waals surface area (Å²) in [7, 11) is 0. The van der Waals surface area contributed by atoms with E-state index in [1.54, 1.807) is 6.92 Å². The fraction of sp³-hybridized carbons (Fsp3) is 0.360. The number of hydrogen-bond donors (Lipinski definition) is 1. The highest BCUT2D eigenvalue weighted by Crippen LogP contribution is 2.39. The van der Waals surface area contributed by atoms with Crippen LogP contribution in [0.15, 0.2) is 53.7 Å². The van der Waals surface area contributed by atoms with Crippen LogP contribution in [0.25, 0.3) is 5.69 Å². The zero-order valence-corrected chi connectivity index (χ0v) is 19.9. The van der Waals surface area contributed by atoms with Crippen molar-refractivity contribution in [3.05, 3.63) is 65.5 Å². The van der Waals surface area contributed by atoms with Crippen LogP contribution < -0.4 is 10.1 Å². The molecule has 33 heavy (non-hydrogen) atoms. The maximum absolute atomic E-state index is 12.6. The van der Waals surface area contributed by atoms with Gasteiger partial charge in [-0.15, -0.1) is 10.2 Å². The molecule has 170 valence electrons. The minimum absolute atomic E-state index is 0.146. The maximum atomic E-state index is 12.6. The Kier molecular flexibility index (Phi) is 6.70. The van der Waals surface area contributed by atoms with Crippen molar-refractivity contribution in [1.29, 1.82) is 5.26 Å². The molecule has 1 aliphatic rings. The number of rotatable bonds is 9. The number of carbonyl (C=O) groups excluding carboxylic acids is 1. The molecule has 3 aromatic rings.